The molecule has 22 heavy (non-hydrogen) atoms. The van der Waals surface area contributed by atoms with E-state index >= 15 is 0 Å². The minimum Gasteiger partial charge on any atom is -0.340 e. The first-order chi connectivity index (χ1) is 10.1. The minimum absolute atomic E-state index is 0.0723. The van der Waals surface area contributed by atoms with Crippen molar-refractivity contribution in [1.29, 1.82) is 0 Å². The second kappa shape index (κ2) is 5.57. The van der Waals surface area contributed by atoms with E-state index in [2.05, 4.69) is 9.97 Å². The van der Waals surface area contributed by atoms with Gasteiger partial charge in [-0.25, -0.2) is 4.98 Å². The molecule has 1 unspecified atom stereocenters. The molecule has 2 rings (SSSR count). The summed E-state index contributed by atoms with van der Waals surface area (Å²) >= 11 is 5.78. The molecule has 1 aromatic heterocycles. The lowest BCUT2D eigenvalue weighted by Gasteiger charge is -2.47. The van der Waals surface area contributed by atoms with Gasteiger partial charge in [0, 0.05) is 13.6 Å². The summed E-state index contributed by atoms with van der Waals surface area (Å²) in [6.45, 7) is 3.00. The third kappa shape index (κ3) is 2.84. The average Bonchev–Trinajstić information content (AvgIpc) is 2.43. The number of nitrogens with zero attached hydrogens (tertiary/aromatic N) is 4. The molecular weight excluding hydrogens is 321 g/mol. The molecule has 5 nitrogen and oxygen atoms in total. The fourth-order valence-electron chi connectivity index (χ4n) is 2.53. The Labute approximate surface area is 131 Å². The van der Waals surface area contributed by atoms with Gasteiger partial charge in [0.25, 0.3) is 5.91 Å². The van der Waals surface area contributed by atoms with Gasteiger partial charge in [0.05, 0.1) is 12.6 Å². The Hall–Kier alpha value is -1.57. The van der Waals surface area contributed by atoms with Crippen LogP contribution in [0.2, 0.25) is 5.28 Å². The number of rotatable bonds is 3. The van der Waals surface area contributed by atoms with E-state index in [0.717, 1.165) is 0 Å². The number of alkyl halides is 3. The van der Waals surface area contributed by atoms with Gasteiger partial charge in [0.2, 0.25) is 5.28 Å². The second-order valence-corrected chi connectivity index (χ2v) is 5.69. The number of hydrogen-bond acceptors (Lipinski definition) is 4. The summed E-state index contributed by atoms with van der Waals surface area (Å²) in [7, 11) is 1.55. The maximum Gasteiger partial charge on any atom is 0.390 e. The van der Waals surface area contributed by atoms with Gasteiger partial charge in [-0.15, -0.1) is 0 Å². The summed E-state index contributed by atoms with van der Waals surface area (Å²) in [4.78, 5) is 23.2. The van der Waals surface area contributed by atoms with Crippen molar-refractivity contribution < 1.29 is 18.0 Å². The number of amides is 1. The van der Waals surface area contributed by atoms with Gasteiger partial charge in [0.15, 0.2) is 5.82 Å². The quantitative estimate of drug-likeness (QED) is 0.796. The Kier molecular flexibility index (Phi) is 4.25. The van der Waals surface area contributed by atoms with Gasteiger partial charge in [-0.1, -0.05) is 6.92 Å². The Morgan fingerprint density at radius 1 is 1.41 bits per heavy atom. The number of fused-ring (bicyclic) bond motifs is 1. The molecule has 1 aromatic rings. The van der Waals surface area contributed by atoms with E-state index in [1.807, 2.05) is 0 Å². The third-order valence-corrected chi connectivity index (χ3v) is 4.19. The van der Waals surface area contributed by atoms with Crippen LogP contribution in [0.5, 0.6) is 0 Å². The van der Waals surface area contributed by atoms with Gasteiger partial charge in [-0.3, -0.25) is 4.79 Å². The lowest BCUT2D eigenvalue weighted by molar-refractivity contribution is -0.134. The first kappa shape index (κ1) is 16.8. The van der Waals surface area contributed by atoms with E-state index in [9.17, 15) is 18.0 Å². The van der Waals surface area contributed by atoms with E-state index < -0.39 is 18.1 Å². The van der Waals surface area contributed by atoms with Crippen LogP contribution in [0, 0.1) is 0 Å². The van der Waals surface area contributed by atoms with Crippen LogP contribution in [0.25, 0.3) is 0 Å². The molecule has 9 heteroatoms. The number of aromatic nitrogens is 2. The first-order valence-electron chi connectivity index (χ1n) is 6.75. The Balaban J connectivity index is 2.52. The van der Waals surface area contributed by atoms with Gasteiger partial charge >= 0.3 is 6.18 Å². The van der Waals surface area contributed by atoms with Gasteiger partial charge in [-0.05, 0) is 24.9 Å². The monoisotopic (exact) mass is 336 g/mol. The summed E-state index contributed by atoms with van der Waals surface area (Å²) in [5, 5.41) is -0.0723. The van der Waals surface area contributed by atoms with Crippen LogP contribution in [-0.2, 0) is 4.79 Å². The first-order valence-corrected chi connectivity index (χ1v) is 7.13. The standard InChI is InChI=1S/C13H16ClF3N4O/c1-4-12(2)10(22)20(3)8-7-18-11(14)19-9(8)21(12)6-5-13(15,16)17/h7H,4-6H2,1-3H3. The maximum atomic E-state index is 12.6. The lowest BCUT2D eigenvalue weighted by atomic mass is 9.91. The van der Waals surface area contributed by atoms with Crippen molar-refractivity contribution in [3.63, 3.8) is 0 Å². The largest absolute Gasteiger partial charge is 0.390 e. The Bertz CT molecular complexity index is 595. The van der Waals surface area contributed by atoms with Gasteiger partial charge in [0.1, 0.15) is 11.2 Å². The molecule has 1 aliphatic rings. The summed E-state index contributed by atoms with van der Waals surface area (Å²) in [5.74, 6) is -0.0497. The molecule has 122 valence electrons. The lowest BCUT2D eigenvalue weighted by Crippen LogP contribution is -2.61. The zero-order chi connectivity index (χ0) is 16.7. The van der Waals surface area contributed by atoms with Crippen LogP contribution in [0.4, 0.5) is 24.7 Å². The van der Waals surface area contributed by atoms with Crippen molar-refractivity contribution in [2.45, 2.75) is 38.4 Å². The average molecular weight is 337 g/mol. The topological polar surface area (TPSA) is 49.3 Å². The summed E-state index contributed by atoms with van der Waals surface area (Å²) < 4.78 is 37.8. The van der Waals surface area contributed by atoms with Crippen LogP contribution in [0.1, 0.15) is 26.7 Å². The second-order valence-electron chi connectivity index (χ2n) is 5.36. The number of carbonyl (C=O) groups is 1. The number of likely N-dealkylation sites (N-methyl/N-ethyl adjacent to an activating group) is 1. The summed E-state index contributed by atoms with van der Waals surface area (Å²) in [6, 6.07) is 0. The van der Waals surface area contributed by atoms with Crippen molar-refractivity contribution in [1.82, 2.24) is 9.97 Å². The fraction of sp³-hybridized carbons (Fsp3) is 0.615. The normalized spacial score (nSPS) is 22.0. The Morgan fingerprint density at radius 2 is 2.05 bits per heavy atom. The highest BCUT2D eigenvalue weighted by molar-refractivity contribution is 6.28. The number of hydrogen-bond donors (Lipinski definition) is 0. The van der Waals surface area contributed by atoms with E-state index in [1.165, 1.54) is 16.0 Å². The van der Waals surface area contributed by atoms with E-state index in [-0.39, 0.29) is 23.6 Å². The minimum atomic E-state index is -4.32. The molecular formula is C13H16ClF3N4O. The van der Waals surface area contributed by atoms with Crippen molar-refractivity contribution in [3.8, 4) is 0 Å². The highest BCUT2D eigenvalue weighted by atomic mass is 35.5. The highest BCUT2D eigenvalue weighted by Gasteiger charge is 2.47. The molecule has 0 radical (unpaired) electrons. The van der Waals surface area contributed by atoms with Gasteiger partial charge < -0.3 is 9.80 Å². The van der Waals surface area contributed by atoms with Crippen LogP contribution >= 0.6 is 11.6 Å². The van der Waals surface area contributed by atoms with Crippen molar-refractivity contribution in [2.24, 2.45) is 0 Å². The fourth-order valence-corrected chi connectivity index (χ4v) is 2.66. The van der Waals surface area contributed by atoms with Crippen LogP contribution in [-0.4, -0.2) is 41.2 Å². The molecule has 0 saturated carbocycles. The molecule has 0 aromatic carbocycles. The summed E-state index contributed by atoms with van der Waals surface area (Å²) in [5.41, 5.74) is -0.757. The smallest absolute Gasteiger partial charge is 0.340 e. The zero-order valence-corrected chi connectivity index (χ0v) is 13.2. The Morgan fingerprint density at radius 3 is 2.59 bits per heavy atom. The predicted molar refractivity (Wildman–Crippen MR) is 77.2 cm³/mol. The van der Waals surface area contributed by atoms with Crippen molar-refractivity contribution >= 4 is 29.0 Å². The van der Waals surface area contributed by atoms with E-state index in [0.29, 0.717) is 12.1 Å². The molecule has 0 spiro atoms. The highest BCUT2D eigenvalue weighted by Crippen LogP contribution is 2.40. The molecule has 2 heterocycles. The van der Waals surface area contributed by atoms with Crippen LogP contribution in [0.15, 0.2) is 6.20 Å². The van der Waals surface area contributed by atoms with Crippen molar-refractivity contribution in [3.05, 3.63) is 11.5 Å². The number of anilines is 2. The molecule has 1 aliphatic heterocycles. The number of carbonyl (C=O) groups excluding carboxylic acids is 1. The van der Waals surface area contributed by atoms with Crippen molar-refractivity contribution in [2.75, 3.05) is 23.4 Å². The molecule has 1 atom stereocenters. The SMILES string of the molecule is CCC1(C)C(=O)N(C)c2cnc(Cl)nc2N1CCC(F)(F)F. The molecule has 0 fully saturated rings. The van der Waals surface area contributed by atoms with E-state index in [1.54, 1.807) is 20.9 Å². The molecule has 1 amide bonds. The molecule has 0 saturated heterocycles. The molecule has 0 N–H and O–H groups in total. The molecule has 0 bridgehead atoms. The van der Waals surface area contributed by atoms with Crippen LogP contribution in [0.3, 0.4) is 0 Å². The summed E-state index contributed by atoms with van der Waals surface area (Å²) in [6.07, 6.45) is -3.67. The maximum absolute atomic E-state index is 12.6. The van der Waals surface area contributed by atoms with E-state index in [4.69, 9.17) is 11.6 Å². The zero-order valence-electron chi connectivity index (χ0n) is 12.4. The van der Waals surface area contributed by atoms with Crippen LogP contribution < -0.4 is 9.80 Å². The van der Waals surface area contributed by atoms with Gasteiger partial charge in [-0.2, -0.15) is 18.2 Å². The third-order valence-electron chi connectivity index (χ3n) is 4.01. The number of halogens is 4. The molecule has 0 aliphatic carbocycles. The predicted octanol–water partition coefficient (Wildman–Crippen LogP) is 3.03.